The van der Waals surface area contributed by atoms with Crippen LogP contribution >= 0.6 is 11.6 Å². The smallest absolute Gasteiger partial charge is 0.309 e. The summed E-state index contributed by atoms with van der Waals surface area (Å²) in [7, 11) is 1.36. The van der Waals surface area contributed by atoms with Gasteiger partial charge in [0.2, 0.25) is 0 Å². The third-order valence-corrected chi connectivity index (χ3v) is 5.27. The Labute approximate surface area is 184 Å². The standard InChI is InChI=1S/C24H20ClFN2O3/c1-30-24(29)12-16-5-4-6-19(11-16)31-15-23-27-21-7-2-3-8-22(21)28(23)14-17-9-10-18(26)13-20(17)25/h2-11,13H,12,14-15H2,1H3. The monoisotopic (exact) mass is 438 g/mol. The number of benzene rings is 3. The fourth-order valence-electron chi connectivity index (χ4n) is 3.36. The zero-order valence-corrected chi connectivity index (χ0v) is 17.6. The summed E-state index contributed by atoms with van der Waals surface area (Å²) in [5, 5.41) is 0.361. The van der Waals surface area contributed by atoms with Crippen molar-refractivity contribution in [3.63, 3.8) is 0 Å². The van der Waals surface area contributed by atoms with Gasteiger partial charge in [-0.25, -0.2) is 9.37 Å². The van der Waals surface area contributed by atoms with E-state index in [2.05, 4.69) is 0 Å². The molecule has 0 spiro atoms. The van der Waals surface area contributed by atoms with Crippen LogP contribution in [0.25, 0.3) is 11.0 Å². The van der Waals surface area contributed by atoms with Crippen LogP contribution in [0.1, 0.15) is 17.0 Å². The van der Waals surface area contributed by atoms with Gasteiger partial charge in [0.15, 0.2) is 0 Å². The molecule has 5 nitrogen and oxygen atoms in total. The minimum absolute atomic E-state index is 0.176. The van der Waals surface area contributed by atoms with Crippen molar-refractivity contribution in [2.24, 2.45) is 0 Å². The lowest BCUT2D eigenvalue weighted by Gasteiger charge is -2.12. The van der Waals surface area contributed by atoms with Gasteiger partial charge in [0.05, 0.1) is 31.1 Å². The van der Waals surface area contributed by atoms with Crippen molar-refractivity contribution in [1.29, 1.82) is 0 Å². The molecule has 0 N–H and O–H groups in total. The molecule has 158 valence electrons. The van der Waals surface area contributed by atoms with Gasteiger partial charge in [0.25, 0.3) is 0 Å². The molecule has 0 aliphatic heterocycles. The van der Waals surface area contributed by atoms with Gasteiger partial charge >= 0.3 is 5.97 Å². The van der Waals surface area contributed by atoms with Crippen molar-refractivity contribution in [2.75, 3.05) is 7.11 Å². The van der Waals surface area contributed by atoms with Gasteiger partial charge in [-0.1, -0.05) is 41.9 Å². The molecule has 0 saturated carbocycles. The SMILES string of the molecule is COC(=O)Cc1cccc(OCc2nc3ccccc3n2Cc2ccc(F)cc2Cl)c1. The highest BCUT2D eigenvalue weighted by atomic mass is 35.5. The molecule has 1 aromatic heterocycles. The number of methoxy groups -OCH3 is 1. The number of para-hydroxylation sites is 2. The molecule has 0 saturated heterocycles. The summed E-state index contributed by atoms with van der Waals surface area (Å²) in [6.45, 7) is 0.649. The van der Waals surface area contributed by atoms with Gasteiger partial charge < -0.3 is 14.0 Å². The minimum atomic E-state index is -0.375. The Morgan fingerprint density at radius 1 is 1.10 bits per heavy atom. The van der Waals surface area contributed by atoms with E-state index in [0.29, 0.717) is 23.1 Å². The Balaban J connectivity index is 1.60. The van der Waals surface area contributed by atoms with E-state index in [4.69, 9.17) is 26.1 Å². The molecule has 1 heterocycles. The summed E-state index contributed by atoms with van der Waals surface area (Å²) in [6.07, 6.45) is 0.176. The van der Waals surface area contributed by atoms with Crippen LogP contribution in [-0.4, -0.2) is 22.6 Å². The van der Waals surface area contributed by atoms with Crippen LogP contribution in [0, 0.1) is 5.82 Å². The Bertz CT molecular complexity index is 1240. The Kier molecular flexibility index (Phi) is 6.18. The minimum Gasteiger partial charge on any atom is -0.486 e. The predicted molar refractivity (Wildman–Crippen MR) is 117 cm³/mol. The molecule has 0 unspecified atom stereocenters. The number of carbonyl (C=O) groups excluding carboxylic acids is 1. The topological polar surface area (TPSA) is 53.4 Å². The van der Waals surface area contributed by atoms with E-state index in [9.17, 15) is 9.18 Å². The number of hydrogen-bond donors (Lipinski definition) is 0. The summed E-state index contributed by atoms with van der Waals surface area (Å²) in [6, 6.07) is 19.4. The van der Waals surface area contributed by atoms with Crippen molar-refractivity contribution in [1.82, 2.24) is 9.55 Å². The summed E-state index contributed by atoms with van der Waals surface area (Å²) in [5.41, 5.74) is 3.35. The second-order valence-electron chi connectivity index (χ2n) is 7.03. The molecule has 4 rings (SSSR count). The fraction of sp³-hybridized carbons (Fsp3) is 0.167. The number of hydrogen-bond acceptors (Lipinski definition) is 4. The van der Waals surface area contributed by atoms with Crippen LogP contribution in [0.5, 0.6) is 5.75 Å². The van der Waals surface area contributed by atoms with Crippen LogP contribution in [0.2, 0.25) is 5.02 Å². The number of fused-ring (bicyclic) bond motifs is 1. The molecule has 31 heavy (non-hydrogen) atoms. The number of imidazole rings is 1. The van der Waals surface area contributed by atoms with Crippen LogP contribution in [0.15, 0.2) is 66.7 Å². The maximum absolute atomic E-state index is 13.4. The third-order valence-electron chi connectivity index (χ3n) is 4.92. The van der Waals surface area contributed by atoms with Crippen LogP contribution in [-0.2, 0) is 29.1 Å². The molecule has 0 fully saturated rings. The van der Waals surface area contributed by atoms with Gasteiger partial charge in [-0.2, -0.15) is 0 Å². The largest absolute Gasteiger partial charge is 0.486 e. The van der Waals surface area contributed by atoms with Crippen molar-refractivity contribution in [2.45, 2.75) is 19.6 Å². The molecular formula is C24H20ClFN2O3. The van der Waals surface area contributed by atoms with Gasteiger partial charge in [-0.3, -0.25) is 4.79 Å². The maximum Gasteiger partial charge on any atom is 0.309 e. The predicted octanol–water partition coefficient (Wildman–Crippen LogP) is 5.17. The first-order valence-corrected chi connectivity index (χ1v) is 10.1. The van der Waals surface area contributed by atoms with Crippen molar-refractivity contribution >= 4 is 28.6 Å². The summed E-state index contributed by atoms with van der Waals surface area (Å²) in [5.74, 6) is 0.648. The Hall–Kier alpha value is -3.38. The number of ether oxygens (including phenoxy) is 2. The van der Waals surface area contributed by atoms with Crippen molar-refractivity contribution in [3.8, 4) is 5.75 Å². The van der Waals surface area contributed by atoms with E-state index >= 15 is 0 Å². The fourth-order valence-corrected chi connectivity index (χ4v) is 3.59. The third kappa shape index (κ3) is 4.86. The van der Waals surface area contributed by atoms with Crippen LogP contribution < -0.4 is 4.74 Å². The molecule has 0 atom stereocenters. The van der Waals surface area contributed by atoms with Gasteiger partial charge in [0.1, 0.15) is 24.0 Å². The zero-order valence-electron chi connectivity index (χ0n) is 16.8. The van der Waals surface area contributed by atoms with Crippen molar-refractivity contribution in [3.05, 3.63) is 94.5 Å². The molecule has 3 aromatic carbocycles. The number of halogens is 2. The molecular weight excluding hydrogens is 419 g/mol. The number of rotatable bonds is 7. The lowest BCUT2D eigenvalue weighted by Crippen LogP contribution is -2.09. The Morgan fingerprint density at radius 3 is 2.74 bits per heavy atom. The number of nitrogens with zero attached hydrogens (tertiary/aromatic N) is 2. The average Bonchev–Trinajstić information content (AvgIpc) is 3.12. The highest BCUT2D eigenvalue weighted by molar-refractivity contribution is 6.31. The second-order valence-corrected chi connectivity index (χ2v) is 7.43. The quantitative estimate of drug-likeness (QED) is 0.373. The highest BCUT2D eigenvalue weighted by Gasteiger charge is 2.14. The molecule has 0 aliphatic rings. The first-order chi connectivity index (χ1) is 15.0. The van der Waals surface area contributed by atoms with Gasteiger partial charge in [0, 0.05) is 5.02 Å². The lowest BCUT2D eigenvalue weighted by atomic mass is 10.1. The highest BCUT2D eigenvalue weighted by Crippen LogP contribution is 2.24. The first-order valence-electron chi connectivity index (χ1n) is 9.70. The summed E-state index contributed by atoms with van der Waals surface area (Å²) in [4.78, 5) is 16.2. The summed E-state index contributed by atoms with van der Waals surface area (Å²) < 4.78 is 26.2. The Morgan fingerprint density at radius 2 is 1.94 bits per heavy atom. The maximum atomic E-state index is 13.4. The normalized spacial score (nSPS) is 10.9. The molecule has 0 bridgehead atoms. The van der Waals surface area contributed by atoms with Crippen molar-refractivity contribution < 1.29 is 18.7 Å². The van der Waals surface area contributed by atoms with E-state index < -0.39 is 0 Å². The first kappa shape index (κ1) is 20.9. The van der Waals surface area contributed by atoms with Gasteiger partial charge in [-0.05, 0) is 47.5 Å². The van der Waals surface area contributed by atoms with E-state index in [1.165, 1.54) is 19.2 Å². The van der Waals surface area contributed by atoms with E-state index in [0.717, 1.165) is 22.2 Å². The molecule has 7 heteroatoms. The summed E-state index contributed by atoms with van der Waals surface area (Å²) >= 11 is 6.25. The number of aromatic nitrogens is 2. The van der Waals surface area contributed by atoms with E-state index in [1.807, 2.05) is 47.0 Å². The molecule has 0 radical (unpaired) electrons. The van der Waals surface area contributed by atoms with Crippen LogP contribution in [0.4, 0.5) is 4.39 Å². The van der Waals surface area contributed by atoms with E-state index in [1.54, 1.807) is 12.1 Å². The lowest BCUT2D eigenvalue weighted by molar-refractivity contribution is -0.139. The van der Waals surface area contributed by atoms with Gasteiger partial charge in [-0.15, -0.1) is 0 Å². The number of carbonyl (C=O) groups is 1. The number of esters is 1. The molecule has 0 amide bonds. The molecule has 0 aliphatic carbocycles. The molecule has 4 aromatic rings. The average molecular weight is 439 g/mol. The zero-order chi connectivity index (χ0) is 21.8. The van der Waals surface area contributed by atoms with Crippen LogP contribution in [0.3, 0.4) is 0 Å². The van der Waals surface area contributed by atoms with E-state index in [-0.39, 0.29) is 24.8 Å². The second kappa shape index (κ2) is 9.18.